The summed E-state index contributed by atoms with van der Waals surface area (Å²) in [5.41, 5.74) is 7.00. The number of carbonyl (C=O) groups excluding carboxylic acids is 1. The second kappa shape index (κ2) is 5.82. The van der Waals surface area contributed by atoms with Crippen molar-refractivity contribution in [2.45, 2.75) is 33.4 Å². The molecule has 17 heavy (non-hydrogen) atoms. The zero-order valence-corrected chi connectivity index (χ0v) is 11.1. The molecule has 0 fully saturated rings. The maximum absolute atomic E-state index is 11.8. The molecule has 0 spiro atoms. The molecule has 1 aromatic heterocycles. The maximum atomic E-state index is 11.8. The number of carbonyl (C=O) groups is 1. The Morgan fingerprint density at radius 3 is 2.76 bits per heavy atom. The second-order valence-electron chi connectivity index (χ2n) is 4.62. The van der Waals surface area contributed by atoms with Crippen LogP contribution in [0.4, 0.5) is 0 Å². The number of nitrogens with zero attached hydrogens (tertiary/aromatic N) is 3. The highest BCUT2D eigenvalue weighted by atomic mass is 16.2. The van der Waals surface area contributed by atoms with Gasteiger partial charge in [0, 0.05) is 25.8 Å². The van der Waals surface area contributed by atoms with E-state index in [1.807, 2.05) is 11.5 Å². The largest absolute Gasteiger partial charge is 0.344 e. The minimum Gasteiger partial charge on any atom is -0.344 e. The predicted octanol–water partition coefficient (Wildman–Crippen LogP) is 1.02. The zero-order valence-electron chi connectivity index (χ0n) is 11.1. The van der Waals surface area contributed by atoms with Gasteiger partial charge >= 0.3 is 0 Å². The van der Waals surface area contributed by atoms with Crippen LogP contribution in [0.3, 0.4) is 0 Å². The zero-order chi connectivity index (χ0) is 13.0. The normalized spacial score (nSPS) is 12.8. The molecular formula is C12H22N4O. The molecule has 1 atom stereocenters. The van der Waals surface area contributed by atoms with Crippen molar-refractivity contribution >= 4 is 5.91 Å². The number of imidazole rings is 1. The van der Waals surface area contributed by atoms with Gasteiger partial charge in [0.05, 0.1) is 12.0 Å². The molecule has 0 saturated carbocycles. The van der Waals surface area contributed by atoms with Gasteiger partial charge in [-0.3, -0.25) is 4.79 Å². The standard InChI is InChI=1S/C12H22N4O/c1-5-15(4)11(17)7-16-8-14-6-10(16)12(13)9(2)3/h6,8-9,12H,5,7,13H2,1-4H3. The summed E-state index contributed by atoms with van der Waals surface area (Å²) < 4.78 is 1.83. The third-order valence-corrected chi connectivity index (χ3v) is 3.01. The van der Waals surface area contributed by atoms with Crippen LogP contribution in [-0.2, 0) is 11.3 Å². The van der Waals surface area contributed by atoms with Crippen LogP contribution in [0.2, 0.25) is 0 Å². The molecule has 2 N–H and O–H groups in total. The summed E-state index contributed by atoms with van der Waals surface area (Å²) >= 11 is 0. The van der Waals surface area contributed by atoms with Crippen molar-refractivity contribution in [1.29, 1.82) is 0 Å². The van der Waals surface area contributed by atoms with E-state index >= 15 is 0 Å². The fourth-order valence-electron chi connectivity index (χ4n) is 1.52. The van der Waals surface area contributed by atoms with Gasteiger partial charge in [-0.15, -0.1) is 0 Å². The predicted molar refractivity (Wildman–Crippen MR) is 67.3 cm³/mol. The van der Waals surface area contributed by atoms with E-state index in [1.165, 1.54) is 0 Å². The van der Waals surface area contributed by atoms with E-state index in [4.69, 9.17) is 5.73 Å². The Hall–Kier alpha value is -1.36. The number of aromatic nitrogens is 2. The molecule has 5 nitrogen and oxygen atoms in total. The van der Waals surface area contributed by atoms with Crippen molar-refractivity contribution in [2.75, 3.05) is 13.6 Å². The van der Waals surface area contributed by atoms with Gasteiger partial charge in [0.25, 0.3) is 0 Å². The molecule has 0 radical (unpaired) electrons. The van der Waals surface area contributed by atoms with Crippen molar-refractivity contribution < 1.29 is 4.79 Å². The molecule has 0 aromatic carbocycles. The van der Waals surface area contributed by atoms with E-state index in [1.54, 1.807) is 24.5 Å². The highest BCUT2D eigenvalue weighted by molar-refractivity contribution is 5.75. The first-order valence-electron chi connectivity index (χ1n) is 5.96. The summed E-state index contributed by atoms with van der Waals surface area (Å²) in [6.45, 7) is 7.08. The Morgan fingerprint density at radius 2 is 2.24 bits per heavy atom. The van der Waals surface area contributed by atoms with Crippen molar-refractivity contribution in [3.8, 4) is 0 Å². The molecule has 0 saturated heterocycles. The SMILES string of the molecule is CCN(C)C(=O)Cn1cncc1C(N)C(C)C. The maximum Gasteiger partial charge on any atom is 0.242 e. The van der Waals surface area contributed by atoms with Gasteiger partial charge in [0.2, 0.25) is 5.91 Å². The van der Waals surface area contributed by atoms with Gasteiger partial charge in [-0.25, -0.2) is 4.98 Å². The Kier molecular flexibility index (Phi) is 4.69. The first-order valence-corrected chi connectivity index (χ1v) is 5.96. The van der Waals surface area contributed by atoms with Gasteiger partial charge in [0.15, 0.2) is 0 Å². The summed E-state index contributed by atoms with van der Waals surface area (Å²) in [5, 5.41) is 0. The molecule has 0 aliphatic rings. The number of nitrogens with two attached hydrogens (primary N) is 1. The first kappa shape index (κ1) is 13.7. The van der Waals surface area contributed by atoms with E-state index in [0.717, 1.165) is 5.69 Å². The average Bonchev–Trinajstić information content (AvgIpc) is 2.74. The van der Waals surface area contributed by atoms with Crippen molar-refractivity contribution in [2.24, 2.45) is 11.7 Å². The summed E-state index contributed by atoms with van der Waals surface area (Å²) in [5.74, 6) is 0.396. The lowest BCUT2D eigenvalue weighted by Crippen LogP contribution is -2.31. The topological polar surface area (TPSA) is 64.2 Å². The Balaban J connectivity index is 2.79. The highest BCUT2D eigenvalue weighted by Crippen LogP contribution is 2.18. The molecule has 5 heteroatoms. The second-order valence-corrected chi connectivity index (χ2v) is 4.62. The quantitative estimate of drug-likeness (QED) is 0.833. The smallest absolute Gasteiger partial charge is 0.242 e. The lowest BCUT2D eigenvalue weighted by atomic mass is 10.0. The van der Waals surface area contributed by atoms with Crippen molar-refractivity contribution in [1.82, 2.24) is 14.5 Å². The van der Waals surface area contributed by atoms with Crippen LogP contribution in [0, 0.1) is 5.92 Å². The van der Waals surface area contributed by atoms with Crippen molar-refractivity contribution in [3.63, 3.8) is 0 Å². The lowest BCUT2D eigenvalue weighted by molar-refractivity contribution is -0.130. The number of likely N-dealkylation sites (N-methyl/N-ethyl adjacent to an activating group) is 1. The number of hydrogen-bond donors (Lipinski definition) is 1. The summed E-state index contributed by atoms with van der Waals surface area (Å²) in [6.07, 6.45) is 3.41. The van der Waals surface area contributed by atoms with Gasteiger partial charge < -0.3 is 15.2 Å². The van der Waals surface area contributed by atoms with Crippen LogP contribution in [-0.4, -0.2) is 34.0 Å². The van der Waals surface area contributed by atoms with E-state index in [0.29, 0.717) is 19.0 Å². The van der Waals surface area contributed by atoms with Crippen LogP contribution < -0.4 is 5.73 Å². The monoisotopic (exact) mass is 238 g/mol. The molecule has 0 bridgehead atoms. The number of hydrogen-bond acceptors (Lipinski definition) is 3. The molecule has 1 aromatic rings. The fourth-order valence-corrected chi connectivity index (χ4v) is 1.52. The molecule has 96 valence electrons. The van der Waals surface area contributed by atoms with Gasteiger partial charge in [0.1, 0.15) is 6.54 Å². The highest BCUT2D eigenvalue weighted by Gasteiger charge is 2.17. The summed E-state index contributed by atoms with van der Waals surface area (Å²) in [4.78, 5) is 17.6. The van der Waals surface area contributed by atoms with E-state index < -0.39 is 0 Å². The molecule has 1 heterocycles. The molecule has 1 rings (SSSR count). The van der Waals surface area contributed by atoms with E-state index in [-0.39, 0.29) is 11.9 Å². The van der Waals surface area contributed by atoms with Crippen LogP contribution in [0.15, 0.2) is 12.5 Å². The Bertz CT molecular complexity index is 372. The van der Waals surface area contributed by atoms with E-state index in [2.05, 4.69) is 18.8 Å². The molecule has 0 aliphatic carbocycles. The van der Waals surface area contributed by atoms with Crippen LogP contribution in [0.1, 0.15) is 32.5 Å². The van der Waals surface area contributed by atoms with Crippen LogP contribution in [0.5, 0.6) is 0 Å². The Morgan fingerprint density at radius 1 is 1.59 bits per heavy atom. The molecule has 1 unspecified atom stereocenters. The minimum absolute atomic E-state index is 0.0720. The molecular weight excluding hydrogens is 216 g/mol. The third kappa shape index (κ3) is 3.30. The minimum atomic E-state index is -0.0859. The average molecular weight is 238 g/mol. The summed E-state index contributed by atoms with van der Waals surface area (Å²) in [6, 6.07) is -0.0859. The number of amides is 1. The van der Waals surface area contributed by atoms with Gasteiger partial charge in [-0.1, -0.05) is 13.8 Å². The van der Waals surface area contributed by atoms with Crippen LogP contribution >= 0.6 is 0 Å². The Labute approximate surface area is 103 Å². The fraction of sp³-hybridized carbons (Fsp3) is 0.667. The van der Waals surface area contributed by atoms with E-state index in [9.17, 15) is 4.79 Å². The van der Waals surface area contributed by atoms with Gasteiger partial charge in [-0.05, 0) is 12.8 Å². The van der Waals surface area contributed by atoms with Crippen molar-refractivity contribution in [3.05, 3.63) is 18.2 Å². The summed E-state index contributed by atoms with van der Waals surface area (Å²) in [7, 11) is 1.79. The number of rotatable bonds is 5. The first-order chi connectivity index (χ1) is 7.97. The van der Waals surface area contributed by atoms with Gasteiger partial charge in [-0.2, -0.15) is 0 Å². The van der Waals surface area contributed by atoms with Crippen LogP contribution in [0.25, 0.3) is 0 Å². The lowest BCUT2D eigenvalue weighted by Gasteiger charge is -2.19. The third-order valence-electron chi connectivity index (χ3n) is 3.01. The molecule has 0 aliphatic heterocycles. The molecule has 1 amide bonds.